The lowest BCUT2D eigenvalue weighted by Crippen LogP contribution is -2.43. The van der Waals surface area contributed by atoms with Crippen molar-refractivity contribution in [2.75, 3.05) is 19.6 Å². The van der Waals surface area contributed by atoms with Gasteiger partial charge in [-0.3, -0.25) is 4.90 Å². The molecule has 114 valence electrons. The van der Waals surface area contributed by atoms with E-state index in [4.69, 9.17) is 4.98 Å². The third kappa shape index (κ3) is 5.15. The van der Waals surface area contributed by atoms with Gasteiger partial charge in [-0.2, -0.15) is 0 Å². The number of hydrogen-bond donors (Lipinski definition) is 1. The summed E-state index contributed by atoms with van der Waals surface area (Å²) in [6, 6.07) is 0.684. The molecular formula is C16H29N3S. The molecule has 1 atom stereocenters. The number of thiazole rings is 1. The van der Waals surface area contributed by atoms with E-state index in [9.17, 15) is 0 Å². The molecule has 0 radical (unpaired) electrons. The lowest BCUT2D eigenvalue weighted by Gasteiger charge is -2.30. The van der Waals surface area contributed by atoms with Gasteiger partial charge in [-0.15, -0.1) is 11.3 Å². The summed E-state index contributed by atoms with van der Waals surface area (Å²) in [5.74, 6) is 0. The predicted molar refractivity (Wildman–Crippen MR) is 87.3 cm³/mol. The van der Waals surface area contributed by atoms with Crippen LogP contribution in [-0.4, -0.2) is 35.6 Å². The van der Waals surface area contributed by atoms with E-state index in [2.05, 4.69) is 29.4 Å². The molecule has 0 aromatic carbocycles. The molecule has 2 rings (SSSR count). The molecule has 2 heterocycles. The van der Waals surface area contributed by atoms with E-state index in [0.29, 0.717) is 6.04 Å². The van der Waals surface area contributed by atoms with Crippen molar-refractivity contribution in [1.29, 1.82) is 0 Å². The number of rotatable bonds is 8. The molecule has 0 saturated carbocycles. The van der Waals surface area contributed by atoms with Crippen molar-refractivity contribution in [2.24, 2.45) is 0 Å². The minimum Gasteiger partial charge on any atom is -0.313 e. The molecule has 0 spiro atoms. The van der Waals surface area contributed by atoms with Crippen molar-refractivity contribution >= 4 is 11.3 Å². The topological polar surface area (TPSA) is 28.2 Å². The number of hydrogen-bond acceptors (Lipinski definition) is 4. The predicted octanol–water partition coefficient (Wildman–Crippen LogP) is 3.45. The summed E-state index contributed by atoms with van der Waals surface area (Å²) in [5, 5.41) is 7.21. The van der Waals surface area contributed by atoms with E-state index in [0.717, 1.165) is 13.0 Å². The third-order valence-electron chi connectivity index (χ3n) is 3.88. The number of nitrogens with zero attached hydrogens (tertiary/aromatic N) is 2. The molecule has 1 saturated heterocycles. The van der Waals surface area contributed by atoms with Crippen molar-refractivity contribution in [1.82, 2.24) is 15.2 Å². The van der Waals surface area contributed by atoms with E-state index >= 15 is 0 Å². The second-order valence-electron chi connectivity index (χ2n) is 5.86. The van der Waals surface area contributed by atoms with Crippen LogP contribution in [0.1, 0.15) is 56.7 Å². The maximum Gasteiger partial charge on any atom is 0.0928 e. The fraction of sp³-hybridized carbons (Fsp3) is 0.812. The SMILES string of the molecule is CCCc1nc(CN(CCC)CC2CCCCN2)cs1. The van der Waals surface area contributed by atoms with E-state index in [1.807, 2.05) is 11.3 Å². The highest BCUT2D eigenvalue weighted by Crippen LogP contribution is 2.15. The second-order valence-corrected chi connectivity index (χ2v) is 6.81. The summed E-state index contributed by atoms with van der Waals surface area (Å²) >= 11 is 1.83. The van der Waals surface area contributed by atoms with Gasteiger partial charge in [0.25, 0.3) is 0 Å². The number of nitrogens with one attached hydrogen (secondary N) is 1. The van der Waals surface area contributed by atoms with Crippen LogP contribution in [0.5, 0.6) is 0 Å². The maximum atomic E-state index is 4.77. The first-order chi connectivity index (χ1) is 9.81. The van der Waals surface area contributed by atoms with Gasteiger partial charge in [-0.1, -0.05) is 20.3 Å². The van der Waals surface area contributed by atoms with Gasteiger partial charge in [-0.05, 0) is 45.2 Å². The smallest absolute Gasteiger partial charge is 0.0928 e. The molecule has 1 N–H and O–H groups in total. The molecule has 1 aromatic rings. The fourth-order valence-electron chi connectivity index (χ4n) is 2.92. The van der Waals surface area contributed by atoms with E-state index < -0.39 is 0 Å². The number of aryl methyl sites for hydroxylation is 1. The minimum absolute atomic E-state index is 0.684. The Morgan fingerprint density at radius 1 is 1.35 bits per heavy atom. The van der Waals surface area contributed by atoms with Crippen LogP contribution in [0.4, 0.5) is 0 Å². The summed E-state index contributed by atoms with van der Waals surface area (Å²) in [7, 11) is 0. The van der Waals surface area contributed by atoms with Crippen LogP contribution >= 0.6 is 11.3 Å². The van der Waals surface area contributed by atoms with E-state index in [1.54, 1.807) is 0 Å². The standard InChI is InChI=1S/C16H29N3S/c1-3-7-16-18-15(13-20-16)12-19(10-4-2)11-14-8-5-6-9-17-14/h13-14,17H,3-12H2,1-2H3. The largest absolute Gasteiger partial charge is 0.313 e. The molecule has 1 aliphatic rings. The van der Waals surface area contributed by atoms with Crippen molar-refractivity contribution in [3.8, 4) is 0 Å². The lowest BCUT2D eigenvalue weighted by molar-refractivity contribution is 0.215. The first kappa shape index (κ1) is 15.9. The van der Waals surface area contributed by atoms with Crippen molar-refractivity contribution in [2.45, 2.75) is 65.0 Å². The van der Waals surface area contributed by atoms with Crippen LogP contribution in [0.25, 0.3) is 0 Å². The van der Waals surface area contributed by atoms with E-state index in [1.165, 1.54) is 62.4 Å². The van der Waals surface area contributed by atoms with Crippen molar-refractivity contribution < 1.29 is 0 Å². The summed E-state index contributed by atoms with van der Waals surface area (Å²) < 4.78 is 0. The molecule has 0 bridgehead atoms. The summed E-state index contributed by atoms with van der Waals surface area (Å²) in [5.41, 5.74) is 1.27. The molecule has 1 fully saturated rings. The van der Waals surface area contributed by atoms with Crippen LogP contribution in [0, 0.1) is 0 Å². The van der Waals surface area contributed by atoms with Gasteiger partial charge in [0, 0.05) is 24.5 Å². The molecule has 0 aliphatic carbocycles. The third-order valence-corrected chi connectivity index (χ3v) is 4.84. The Balaban J connectivity index is 1.86. The second kappa shape index (κ2) is 8.75. The highest BCUT2D eigenvalue weighted by atomic mass is 32.1. The quantitative estimate of drug-likeness (QED) is 0.796. The molecule has 4 heteroatoms. The molecule has 0 amide bonds. The molecule has 1 aliphatic heterocycles. The first-order valence-corrected chi connectivity index (χ1v) is 9.08. The van der Waals surface area contributed by atoms with Gasteiger partial charge in [0.1, 0.15) is 0 Å². The molecule has 20 heavy (non-hydrogen) atoms. The summed E-state index contributed by atoms with van der Waals surface area (Å²) in [4.78, 5) is 7.35. The van der Waals surface area contributed by atoms with Gasteiger partial charge in [0.2, 0.25) is 0 Å². The zero-order valence-electron chi connectivity index (χ0n) is 13.0. The first-order valence-electron chi connectivity index (χ1n) is 8.20. The maximum absolute atomic E-state index is 4.77. The Bertz CT molecular complexity index is 372. The highest BCUT2D eigenvalue weighted by molar-refractivity contribution is 7.09. The molecule has 1 aromatic heterocycles. The summed E-state index contributed by atoms with van der Waals surface area (Å²) in [6.45, 7) is 9.06. The Labute approximate surface area is 127 Å². The van der Waals surface area contributed by atoms with Crippen LogP contribution in [-0.2, 0) is 13.0 Å². The van der Waals surface area contributed by atoms with Gasteiger partial charge in [0.05, 0.1) is 10.7 Å². The van der Waals surface area contributed by atoms with E-state index in [-0.39, 0.29) is 0 Å². The minimum atomic E-state index is 0.684. The van der Waals surface area contributed by atoms with Crippen LogP contribution in [0.2, 0.25) is 0 Å². The molecule has 3 nitrogen and oxygen atoms in total. The van der Waals surface area contributed by atoms with Crippen molar-refractivity contribution in [3.05, 3.63) is 16.1 Å². The Kier molecular flexibility index (Phi) is 6.97. The van der Waals surface area contributed by atoms with Crippen molar-refractivity contribution in [3.63, 3.8) is 0 Å². The molecular weight excluding hydrogens is 266 g/mol. The van der Waals surface area contributed by atoms with Gasteiger partial charge in [-0.25, -0.2) is 4.98 Å². The highest BCUT2D eigenvalue weighted by Gasteiger charge is 2.17. The number of piperidine rings is 1. The van der Waals surface area contributed by atoms with Gasteiger partial charge >= 0.3 is 0 Å². The molecule has 1 unspecified atom stereocenters. The normalized spacial score (nSPS) is 19.6. The Morgan fingerprint density at radius 2 is 2.25 bits per heavy atom. The average Bonchev–Trinajstić information content (AvgIpc) is 2.88. The van der Waals surface area contributed by atoms with Crippen LogP contribution in [0.3, 0.4) is 0 Å². The average molecular weight is 295 g/mol. The fourth-order valence-corrected chi connectivity index (χ4v) is 3.81. The van der Waals surface area contributed by atoms with Gasteiger partial charge in [0.15, 0.2) is 0 Å². The lowest BCUT2D eigenvalue weighted by atomic mass is 10.0. The Morgan fingerprint density at radius 3 is 2.95 bits per heavy atom. The zero-order chi connectivity index (χ0) is 14.2. The van der Waals surface area contributed by atoms with Crippen LogP contribution in [0.15, 0.2) is 5.38 Å². The Hall–Kier alpha value is -0.450. The van der Waals surface area contributed by atoms with Crippen LogP contribution < -0.4 is 5.32 Å². The van der Waals surface area contributed by atoms with Gasteiger partial charge < -0.3 is 5.32 Å². The monoisotopic (exact) mass is 295 g/mol. The number of aromatic nitrogens is 1. The zero-order valence-corrected chi connectivity index (χ0v) is 13.8. The summed E-state index contributed by atoms with van der Waals surface area (Å²) in [6.07, 6.45) is 7.60.